The van der Waals surface area contributed by atoms with Gasteiger partial charge in [0.2, 0.25) is 0 Å². The number of nitrogens with one attached hydrogen (secondary N) is 1. The van der Waals surface area contributed by atoms with Crippen LogP contribution in [0.1, 0.15) is 55.1 Å². The van der Waals surface area contributed by atoms with Gasteiger partial charge in [-0.1, -0.05) is 47.5 Å². The maximum Gasteiger partial charge on any atom is 0.0406 e. The van der Waals surface area contributed by atoms with Gasteiger partial charge in [-0.05, 0) is 87.1 Å². The van der Waals surface area contributed by atoms with Gasteiger partial charge in [0.15, 0.2) is 0 Å². The lowest BCUT2D eigenvalue weighted by molar-refractivity contribution is 0.0552. The van der Waals surface area contributed by atoms with E-state index < -0.39 is 0 Å². The summed E-state index contributed by atoms with van der Waals surface area (Å²) in [6, 6.07) is 17.6. The monoisotopic (exact) mass is 450 g/mol. The first-order valence-electron chi connectivity index (χ1n) is 10.6. The van der Waals surface area contributed by atoms with E-state index >= 15 is 0 Å². The molecule has 156 valence electrons. The molecule has 0 spiro atoms. The lowest BCUT2D eigenvalue weighted by atomic mass is 9.63. The zero-order chi connectivity index (χ0) is 19.1. The molecule has 6 rings (SSSR count). The van der Waals surface area contributed by atoms with Gasteiger partial charge >= 0.3 is 0 Å². The summed E-state index contributed by atoms with van der Waals surface area (Å²) in [6.07, 6.45) is 6.43. The second kappa shape index (κ2) is 8.77. The van der Waals surface area contributed by atoms with E-state index in [-0.39, 0.29) is 12.4 Å². The summed E-state index contributed by atoms with van der Waals surface area (Å²) < 4.78 is 0. The maximum absolute atomic E-state index is 6.20. The van der Waals surface area contributed by atoms with E-state index in [1.807, 2.05) is 0 Å². The molecule has 3 saturated heterocycles. The van der Waals surface area contributed by atoms with E-state index in [1.165, 1.54) is 56.3 Å². The second-order valence-corrected chi connectivity index (χ2v) is 9.75. The van der Waals surface area contributed by atoms with Crippen molar-refractivity contribution in [3.05, 3.63) is 69.7 Å². The summed E-state index contributed by atoms with van der Waals surface area (Å²) in [4.78, 5) is 2.82. The molecule has 2 unspecified atom stereocenters. The van der Waals surface area contributed by atoms with Gasteiger partial charge in [0.05, 0.1) is 0 Å². The van der Waals surface area contributed by atoms with Crippen molar-refractivity contribution >= 4 is 35.6 Å². The Balaban J connectivity index is 0.00000205. The summed E-state index contributed by atoms with van der Waals surface area (Å²) in [5, 5.41) is 5.59. The minimum Gasteiger partial charge on any atom is -0.313 e. The van der Waals surface area contributed by atoms with Crippen LogP contribution in [-0.4, -0.2) is 36.1 Å². The highest BCUT2D eigenvalue weighted by Gasteiger charge is 2.51. The molecule has 0 radical (unpaired) electrons. The smallest absolute Gasteiger partial charge is 0.0406 e. The van der Waals surface area contributed by atoms with Crippen molar-refractivity contribution in [1.29, 1.82) is 0 Å². The first kappa shape index (κ1) is 21.5. The van der Waals surface area contributed by atoms with E-state index in [0.717, 1.165) is 16.6 Å². The third kappa shape index (κ3) is 4.07. The average Bonchev–Trinajstić information content (AvgIpc) is 3.12. The predicted molar refractivity (Wildman–Crippen MR) is 125 cm³/mol. The summed E-state index contributed by atoms with van der Waals surface area (Å²) in [5.74, 6) is 1.02. The minimum atomic E-state index is 0. The summed E-state index contributed by atoms with van der Waals surface area (Å²) in [5.41, 5.74) is 3.14. The molecule has 0 aromatic heterocycles. The molecule has 1 N–H and O–H groups in total. The van der Waals surface area contributed by atoms with Crippen LogP contribution >= 0.6 is 35.6 Å². The molecule has 2 aromatic rings. The summed E-state index contributed by atoms with van der Waals surface area (Å²) in [6.45, 7) is 3.62. The highest BCUT2D eigenvalue weighted by molar-refractivity contribution is 6.30. The molecule has 4 fully saturated rings. The number of likely N-dealkylation sites (tertiary alicyclic amines) is 1. The number of hydrogen-bond donors (Lipinski definition) is 1. The number of rotatable bonds is 3. The third-order valence-corrected chi connectivity index (χ3v) is 7.91. The van der Waals surface area contributed by atoms with Gasteiger partial charge in [-0.2, -0.15) is 0 Å². The fourth-order valence-corrected chi connectivity index (χ4v) is 6.33. The Hall–Kier alpha value is -0.770. The molecule has 5 heteroatoms. The van der Waals surface area contributed by atoms with Crippen LogP contribution in [0.4, 0.5) is 0 Å². The number of fused-ring (bicyclic) bond motifs is 4. The number of nitrogens with zero attached hydrogens (tertiary/aromatic N) is 1. The number of benzene rings is 2. The molecule has 4 aliphatic rings. The van der Waals surface area contributed by atoms with Gasteiger partial charge in [-0.15, -0.1) is 12.4 Å². The lowest BCUT2D eigenvalue weighted by Gasteiger charge is -2.51. The molecule has 29 heavy (non-hydrogen) atoms. The van der Waals surface area contributed by atoms with E-state index in [4.69, 9.17) is 23.2 Å². The Labute approximate surface area is 190 Å². The lowest BCUT2D eigenvalue weighted by Crippen LogP contribution is -2.53. The standard InChI is InChI=1S/C24H28Cl2N2.ClH/c25-19-7-3-17(4-8-19)21-15-24(28-13-1-2-14-28)11-12-27-23(21)22(16-24)18-5-9-20(26)10-6-18;/h3-10,21-23,27H,1-2,11-16H2;1H. The van der Waals surface area contributed by atoms with Crippen molar-refractivity contribution in [2.45, 2.75) is 55.5 Å². The molecule has 2 bridgehead atoms. The molecule has 2 atom stereocenters. The largest absolute Gasteiger partial charge is 0.313 e. The normalized spacial score (nSPS) is 32.0. The fraction of sp³-hybridized carbons (Fsp3) is 0.500. The Morgan fingerprint density at radius 1 is 0.793 bits per heavy atom. The average molecular weight is 452 g/mol. The zero-order valence-electron chi connectivity index (χ0n) is 16.6. The maximum atomic E-state index is 6.20. The van der Waals surface area contributed by atoms with Crippen molar-refractivity contribution < 1.29 is 0 Å². The van der Waals surface area contributed by atoms with Gasteiger partial charge in [-0.25, -0.2) is 0 Å². The van der Waals surface area contributed by atoms with Crippen LogP contribution in [0.3, 0.4) is 0 Å². The van der Waals surface area contributed by atoms with Crippen molar-refractivity contribution in [3.63, 3.8) is 0 Å². The predicted octanol–water partition coefficient (Wildman–Crippen LogP) is 6.27. The fourth-order valence-electron chi connectivity index (χ4n) is 6.07. The van der Waals surface area contributed by atoms with Crippen LogP contribution in [0.25, 0.3) is 0 Å². The SMILES string of the molecule is Cl.Clc1ccc(C2CC3(N4CCCC4)CCNC2C(c2ccc(Cl)cc2)C3)cc1. The van der Waals surface area contributed by atoms with Gasteiger partial charge < -0.3 is 5.32 Å². The Kier molecular flexibility index (Phi) is 6.49. The number of halogens is 3. The molecule has 3 heterocycles. The highest BCUT2D eigenvalue weighted by Crippen LogP contribution is 2.52. The Morgan fingerprint density at radius 2 is 1.28 bits per heavy atom. The van der Waals surface area contributed by atoms with Crippen LogP contribution in [-0.2, 0) is 0 Å². The summed E-state index contributed by atoms with van der Waals surface area (Å²) >= 11 is 12.4. The summed E-state index contributed by atoms with van der Waals surface area (Å²) in [7, 11) is 0. The Bertz CT molecular complexity index is 760. The van der Waals surface area contributed by atoms with Crippen molar-refractivity contribution in [2.75, 3.05) is 19.6 Å². The molecule has 2 aromatic carbocycles. The molecule has 1 saturated carbocycles. The van der Waals surface area contributed by atoms with E-state index in [9.17, 15) is 0 Å². The molecule has 1 aliphatic carbocycles. The van der Waals surface area contributed by atoms with Gasteiger partial charge in [0.1, 0.15) is 0 Å². The second-order valence-electron chi connectivity index (χ2n) is 8.87. The first-order valence-corrected chi connectivity index (χ1v) is 11.4. The molecule has 2 nitrogen and oxygen atoms in total. The quantitative estimate of drug-likeness (QED) is 0.591. The van der Waals surface area contributed by atoms with Gasteiger partial charge in [0.25, 0.3) is 0 Å². The molecule has 3 aliphatic heterocycles. The first-order chi connectivity index (χ1) is 13.6. The van der Waals surface area contributed by atoms with Crippen LogP contribution in [0, 0.1) is 0 Å². The molecule has 0 amide bonds. The highest BCUT2D eigenvalue weighted by atomic mass is 35.5. The number of hydrogen-bond acceptors (Lipinski definition) is 2. The zero-order valence-corrected chi connectivity index (χ0v) is 18.9. The van der Waals surface area contributed by atoms with E-state index in [0.29, 0.717) is 23.4 Å². The van der Waals surface area contributed by atoms with Crippen LogP contribution in [0.15, 0.2) is 48.5 Å². The van der Waals surface area contributed by atoms with Gasteiger partial charge in [0, 0.05) is 33.5 Å². The van der Waals surface area contributed by atoms with E-state index in [1.54, 1.807) is 0 Å². The van der Waals surface area contributed by atoms with E-state index in [2.05, 4.69) is 58.7 Å². The molecular formula is C24H29Cl3N2. The van der Waals surface area contributed by atoms with Crippen molar-refractivity contribution in [1.82, 2.24) is 10.2 Å². The van der Waals surface area contributed by atoms with Crippen molar-refractivity contribution in [3.8, 4) is 0 Å². The molecular weight excluding hydrogens is 423 g/mol. The third-order valence-electron chi connectivity index (χ3n) is 7.41. The van der Waals surface area contributed by atoms with Crippen LogP contribution in [0.5, 0.6) is 0 Å². The topological polar surface area (TPSA) is 15.3 Å². The van der Waals surface area contributed by atoms with Crippen LogP contribution in [0.2, 0.25) is 10.0 Å². The van der Waals surface area contributed by atoms with Crippen LogP contribution < -0.4 is 5.32 Å². The Morgan fingerprint density at radius 3 is 1.76 bits per heavy atom. The van der Waals surface area contributed by atoms with Gasteiger partial charge in [-0.3, -0.25) is 4.90 Å². The minimum absolute atomic E-state index is 0. The van der Waals surface area contributed by atoms with Crippen molar-refractivity contribution in [2.24, 2.45) is 0 Å².